The number of esters is 1. The van der Waals surface area contributed by atoms with Crippen molar-refractivity contribution in [3.63, 3.8) is 0 Å². The summed E-state index contributed by atoms with van der Waals surface area (Å²) in [4.78, 5) is 36.9. The quantitative estimate of drug-likeness (QED) is 0.388. The molecule has 5 aliphatic carbocycles. The van der Waals surface area contributed by atoms with Crippen LogP contribution in [0.25, 0.3) is 0 Å². The molecule has 5 unspecified atom stereocenters. The molecule has 0 aromatic rings. The van der Waals surface area contributed by atoms with Crippen molar-refractivity contribution in [1.82, 2.24) is 0 Å². The Balaban J connectivity index is 1.52. The van der Waals surface area contributed by atoms with E-state index in [0.29, 0.717) is 31.1 Å². The van der Waals surface area contributed by atoms with Crippen molar-refractivity contribution in [3.8, 4) is 0 Å². The molecule has 0 aromatic heterocycles. The van der Waals surface area contributed by atoms with Crippen LogP contribution in [0.15, 0.2) is 0 Å². The maximum absolute atomic E-state index is 12.9. The molecule has 6 nitrogen and oxygen atoms in total. The fourth-order valence-corrected chi connectivity index (χ4v) is 12.1. The minimum atomic E-state index is -0.789. The lowest BCUT2D eigenvalue weighted by Crippen LogP contribution is -2.67. The molecule has 5 rings (SSSR count). The summed E-state index contributed by atoms with van der Waals surface area (Å²) in [6, 6.07) is 0. The van der Waals surface area contributed by atoms with Crippen LogP contribution in [0, 0.1) is 62.6 Å². The van der Waals surface area contributed by atoms with E-state index in [1.54, 1.807) is 6.92 Å². The van der Waals surface area contributed by atoms with E-state index in [1.807, 2.05) is 0 Å². The number of carboxylic acid groups (broad SMARTS) is 2. The molecule has 0 aliphatic heterocycles. The second-order valence-corrected chi connectivity index (χ2v) is 15.4. The van der Waals surface area contributed by atoms with Gasteiger partial charge in [-0.2, -0.15) is 0 Å². The first-order valence-electron chi connectivity index (χ1n) is 15.2. The van der Waals surface area contributed by atoms with Crippen LogP contribution in [0.5, 0.6) is 0 Å². The lowest BCUT2D eigenvalue weighted by atomic mass is 9.32. The van der Waals surface area contributed by atoms with E-state index < -0.39 is 23.3 Å². The van der Waals surface area contributed by atoms with Gasteiger partial charge in [-0.3, -0.25) is 14.4 Å². The lowest BCUT2D eigenvalue weighted by molar-refractivity contribution is -0.251. The summed E-state index contributed by atoms with van der Waals surface area (Å²) >= 11 is 0. The van der Waals surface area contributed by atoms with Crippen LogP contribution in [-0.2, 0) is 19.1 Å². The van der Waals surface area contributed by atoms with E-state index in [1.165, 1.54) is 6.92 Å². The van der Waals surface area contributed by atoms with Crippen LogP contribution in [0.2, 0.25) is 0 Å². The second kappa shape index (κ2) is 8.70. The molecule has 0 aromatic carbocycles. The molecular weight excluding hydrogens is 480 g/mol. The van der Waals surface area contributed by atoms with Gasteiger partial charge in [0.25, 0.3) is 0 Å². The predicted molar refractivity (Wildman–Crippen MR) is 144 cm³/mol. The average Bonchev–Trinajstić information content (AvgIpc) is 3.21. The molecule has 5 aliphatic rings. The molecule has 0 spiro atoms. The summed E-state index contributed by atoms with van der Waals surface area (Å²) in [5.74, 6) is -1.08. The van der Waals surface area contributed by atoms with Crippen LogP contribution in [0.1, 0.15) is 113 Å². The highest BCUT2D eigenvalue weighted by molar-refractivity contribution is 5.77. The fraction of sp³-hybridized carbons (Fsp3) is 0.906. The standard InChI is InChI=1S/C32H50O6/c1-18(26(34)35)20-10-15-32(27(36)37)17-16-30(6)21(25(20)32)8-9-23-29(5)13-12-24(38-19(2)33)28(3,4)22(29)11-14-31(23,30)7/h18,20-25H,8-17H2,1-7H3,(H,34,35)(H,36,37)/t18?,20-,21?,22?,23?,24+,25?,29-,30+,31+,32-/m0/s1. The van der Waals surface area contributed by atoms with E-state index in [0.717, 1.165) is 44.9 Å². The molecular formula is C32H50O6. The van der Waals surface area contributed by atoms with Crippen LogP contribution in [0.3, 0.4) is 0 Å². The van der Waals surface area contributed by atoms with Crippen molar-refractivity contribution in [1.29, 1.82) is 0 Å². The lowest BCUT2D eigenvalue weighted by Gasteiger charge is -2.72. The Morgan fingerprint density at radius 2 is 1.47 bits per heavy atom. The fourth-order valence-electron chi connectivity index (χ4n) is 12.1. The van der Waals surface area contributed by atoms with Gasteiger partial charge in [-0.05, 0) is 110 Å². The number of rotatable bonds is 4. The highest BCUT2D eigenvalue weighted by Crippen LogP contribution is 2.77. The summed E-state index contributed by atoms with van der Waals surface area (Å²) in [6.45, 7) is 15.4. The molecule has 0 heterocycles. The van der Waals surface area contributed by atoms with Crippen LogP contribution in [-0.4, -0.2) is 34.2 Å². The Morgan fingerprint density at radius 1 is 0.789 bits per heavy atom. The Kier molecular flexibility index (Phi) is 6.40. The van der Waals surface area contributed by atoms with Gasteiger partial charge < -0.3 is 14.9 Å². The number of aliphatic carboxylic acids is 2. The number of carbonyl (C=O) groups is 3. The zero-order valence-corrected chi connectivity index (χ0v) is 24.6. The SMILES string of the molecule is CC(=O)O[C@@H]1CC[C@@]2(C)C(CC[C@]3(C)C2CCC2C4[C@H](C(C)C(=O)O)CC[C@]4(C(=O)O)CC[C@]23C)C1(C)C. The Bertz CT molecular complexity index is 1020. The Labute approximate surface area is 228 Å². The minimum Gasteiger partial charge on any atom is -0.481 e. The topological polar surface area (TPSA) is 101 Å². The van der Waals surface area contributed by atoms with Crippen molar-refractivity contribution >= 4 is 17.9 Å². The molecule has 2 N–H and O–H groups in total. The molecule has 0 radical (unpaired) electrons. The van der Waals surface area contributed by atoms with Gasteiger partial charge in [-0.15, -0.1) is 0 Å². The molecule has 6 heteroatoms. The van der Waals surface area contributed by atoms with Crippen molar-refractivity contribution in [2.75, 3.05) is 0 Å². The number of hydrogen-bond donors (Lipinski definition) is 2. The summed E-state index contributed by atoms with van der Waals surface area (Å²) < 4.78 is 5.86. The number of carbonyl (C=O) groups excluding carboxylic acids is 1. The minimum absolute atomic E-state index is 0.00873. The van der Waals surface area contributed by atoms with Gasteiger partial charge in [-0.25, -0.2) is 0 Å². The summed E-state index contributed by atoms with van der Waals surface area (Å²) in [6.07, 6.45) is 9.11. The Hall–Kier alpha value is -1.59. The van der Waals surface area contributed by atoms with Gasteiger partial charge in [0.1, 0.15) is 6.10 Å². The van der Waals surface area contributed by atoms with E-state index in [2.05, 4.69) is 34.6 Å². The van der Waals surface area contributed by atoms with E-state index >= 15 is 0 Å². The molecule has 5 saturated carbocycles. The first-order chi connectivity index (χ1) is 17.6. The molecule has 0 amide bonds. The predicted octanol–water partition coefficient (Wildman–Crippen LogP) is 6.80. The van der Waals surface area contributed by atoms with Crippen molar-refractivity contribution in [2.24, 2.45) is 62.6 Å². The number of carboxylic acids is 2. The van der Waals surface area contributed by atoms with Crippen molar-refractivity contribution in [2.45, 2.75) is 119 Å². The highest BCUT2D eigenvalue weighted by atomic mass is 16.5. The van der Waals surface area contributed by atoms with Crippen LogP contribution in [0.4, 0.5) is 0 Å². The molecule has 38 heavy (non-hydrogen) atoms. The van der Waals surface area contributed by atoms with Gasteiger partial charge in [0.2, 0.25) is 0 Å². The van der Waals surface area contributed by atoms with Crippen molar-refractivity contribution < 1.29 is 29.3 Å². The van der Waals surface area contributed by atoms with E-state index in [4.69, 9.17) is 4.74 Å². The third-order valence-corrected chi connectivity index (χ3v) is 14.2. The number of ether oxygens (including phenoxy) is 1. The smallest absolute Gasteiger partial charge is 0.309 e. The second-order valence-electron chi connectivity index (χ2n) is 15.4. The maximum atomic E-state index is 12.9. The first kappa shape index (κ1) is 28.0. The van der Waals surface area contributed by atoms with Crippen LogP contribution < -0.4 is 0 Å². The first-order valence-corrected chi connectivity index (χ1v) is 15.2. The zero-order valence-electron chi connectivity index (χ0n) is 24.6. The van der Waals surface area contributed by atoms with Crippen LogP contribution >= 0.6 is 0 Å². The molecule has 214 valence electrons. The maximum Gasteiger partial charge on any atom is 0.309 e. The molecule has 5 fully saturated rings. The average molecular weight is 531 g/mol. The summed E-state index contributed by atoms with van der Waals surface area (Å²) in [5, 5.41) is 20.5. The Morgan fingerprint density at radius 3 is 2.08 bits per heavy atom. The monoisotopic (exact) mass is 530 g/mol. The third-order valence-electron chi connectivity index (χ3n) is 14.2. The highest BCUT2D eigenvalue weighted by Gasteiger charge is 2.72. The van der Waals surface area contributed by atoms with Gasteiger partial charge in [-0.1, -0.05) is 41.5 Å². The zero-order chi connectivity index (χ0) is 28.1. The van der Waals surface area contributed by atoms with E-state index in [-0.39, 0.29) is 51.5 Å². The van der Waals surface area contributed by atoms with Crippen molar-refractivity contribution in [3.05, 3.63) is 0 Å². The van der Waals surface area contributed by atoms with Gasteiger partial charge in [0, 0.05) is 12.3 Å². The summed E-state index contributed by atoms with van der Waals surface area (Å²) in [5.41, 5.74) is -0.643. The van der Waals surface area contributed by atoms with Gasteiger partial charge in [0.05, 0.1) is 11.3 Å². The van der Waals surface area contributed by atoms with Gasteiger partial charge in [0.15, 0.2) is 0 Å². The molecule has 0 saturated heterocycles. The molecule has 11 atom stereocenters. The largest absolute Gasteiger partial charge is 0.481 e. The third kappa shape index (κ3) is 3.46. The van der Waals surface area contributed by atoms with E-state index in [9.17, 15) is 24.6 Å². The normalized spacial score (nSPS) is 50.0. The molecule has 0 bridgehead atoms. The number of hydrogen-bond acceptors (Lipinski definition) is 4. The number of fused-ring (bicyclic) bond motifs is 7. The van der Waals surface area contributed by atoms with Gasteiger partial charge >= 0.3 is 17.9 Å². The summed E-state index contributed by atoms with van der Waals surface area (Å²) in [7, 11) is 0.